The summed E-state index contributed by atoms with van der Waals surface area (Å²) in [6, 6.07) is 7.33. The zero-order valence-corrected chi connectivity index (χ0v) is 10.0. The largest absolute Gasteiger partial charge is 0.251 e. The lowest BCUT2D eigenvalue weighted by Gasteiger charge is -2.25. The minimum atomic E-state index is -0.790. The van der Waals surface area contributed by atoms with Crippen molar-refractivity contribution in [2.45, 2.75) is 38.9 Å². The first-order valence-electron chi connectivity index (χ1n) is 5.09. The SMILES string of the molecule is CC(C)(OO)c1cccc(C(C)(C)OO)c1. The van der Waals surface area contributed by atoms with Gasteiger partial charge in [0.25, 0.3) is 0 Å². The summed E-state index contributed by atoms with van der Waals surface area (Å²) < 4.78 is 0. The number of benzene rings is 1. The Bertz CT molecular complexity index is 327. The minimum Gasteiger partial charge on any atom is -0.251 e. The molecule has 16 heavy (non-hydrogen) atoms. The summed E-state index contributed by atoms with van der Waals surface area (Å²) in [5.74, 6) is 0. The van der Waals surface area contributed by atoms with E-state index in [1.165, 1.54) is 0 Å². The molecule has 0 radical (unpaired) electrons. The van der Waals surface area contributed by atoms with Gasteiger partial charge in [0.1, 0.15) is 11.2 Å². The first kappa shape index (κ1) is 13.1. The summed E-state index contributed by atoms with van der Waals surface area (Å²) in [6.45, 7) is 7.00. The Kier molecular flexibility index (Phi) is 3.70. The summed E-state index contributed by atoms with van der Waals surface area (Å²) in [6.07, 6.45) is 0. The van der Waals surface area contributed by atoms with Gasteiger partial charge < -0.3 is 0 Å². The highest BCUT2D eigenvalue weighted by molar-refractivity contribution is 5.30. The Morgan fingerprint density at radius 2 is 1.25 bits per heavy atom. The normalized spacial score (nSPS) is 12.9. The number of rotatable bonds is 4. The lowest BCUT2D eigenvalue weighted by Crippen LogP contribution is -2.23. The van der Waals surface area contributed by atoms with E-state index in [9.17, 15) is 0 Å². The van der Waals surface area contributed by atoms with E-state index in [0.717, 1.165) is 11.1 Å². The van der Waals surface area contributed by atoms with Crippen LogP contribution < -0.4 is 0 Å². The van der Waals surface area contributed by atoms with E-state index in [2.05, 4.69) is 9.78 Å². The molecule has 0 unspecified atom stereocenters. The fraction of sp³-hybridized carbons (Fsp3) is 0.500. The molecular formula is C12H18O4. The molecule has 0 aliphatic carbocycles. The van der Waals surface area contributed by atoms with E-state index in [-0.39, 0.29) is 0 Å². The summed E-state index contributed by atoms with van der Waals surface area (Å²) in [4.78, 5) is 8.84. The van der Waals surface area contributed by atoms with Crippen molar-refractivity contribution in [1.82, 2.24) is 0 Å². The predicted molar refractivity (Wildman–Crippen MR) is 59.9 cm³/mol. The molecule has 4 heteroatoms. The zero-order chi connectivity index (χ0) is 12.4. The maximum atomic E-state index is 8.82. The standard InChI is InChI=1S/C12H18O4/c1-11(2,15-13)9-6-5-7-10(8-9)12(3,4)16-14/h5-8,13-14H,1-4H3. The fourth-order valence-electron chi connectivity index (χ4n) is 1.37. The first-order chi connectivity index (χ1) is 7.33. The molecule has 0 aromatic heterocycles. The van der Waals surface area contributed by atoms with Crippen LogP contribution >= 0.6 is 0 Å². The van der Waals surface area contributed by atoms with Crippen LogP contribution in [0.3, 0.4) is 0 Å². The van der Waals surface area contributed by atoms with Gasteiger partial charge in [-0.15, -0.1) is 0 Å². The Hall–Kier alpha value is -0.940. The minimum absolute atomic E-state index is 0.790. The van der Waals surface area contributed by atoms with Crippen molar-refractivity contribution in [3.63, 3.8) is 0 Å². The van der Waals surface area contributed by atoms with Gasteiger partial charge in [0.05, 0.1) is 0 Å². The van der Waals surface area contributed by atoms with E-state index in [0.29, 0.717) is 0 Å². The Morgan fingerprint density at radius 3 is 1.56 bits per heavy atom. The van der Waals surface area contributed by atoms with Gasteiger partial charge >= 0.3 is 0 Å². The topological polar surface area (TPSA) is 58.9 Å². The van der Waals surface area contributed by atoms with Gasteiger partial charge in [-0.25, -0.2) is 9.78 Å². The Labute approximate surface area is 95.3 Å². The maximum Gasteiger partial charge on any atom is 0.123 e. The van der Waals surface area contributed by atoms with Crippen LogP contribution in [0.2, 0.25) is 0 Å². The van der Waals surface area contributed by atoms with Crippen molar-refractivity contribution < 1.29 is 20.3 Å². The second kappa shape index (κ2) is 4.51. The first-order valence-corrected chi connectivity index (χ1v) is 5.09. The van der Waals surface area contributed by atoms with Crippen molar-refractivity contribution >= 4 is 0 Å². The summed E-state index contributed by atoms with van der Waals surface area (Å²) in [5.41, 5.74) is 0.0264. The molecular weight excluding hydrogens is 208 g/mol. The molecule has 1 rings (SSSR count). The van der Waals surface area contributed by atoms with Crippen LogP contribution in [-0.4, -0.2) is 10.5 Å². The van der Waals surface area contributed by atoms with Crippen LogP contribution in [0.5, 0.6) is 0 Å². The molecule has 4 nitrogen and oxygen atoms in total. The van der Waals surface area contributed by atoms with Crippen LogP contribution in [0.1, 0.15) is 38.8 Å². The lowest BCUT2D eigenvalue weighted by molar-refractivity contribution is -0.320. The molecule has 0 fully saturated rings. The third kappa shape index (κ3) is 2.59. The van der Waals surface area contributed by atoms with E-state index < -0.39 is 11.2 Å². The molecule has 0 aliphatic heterocycles. The fourth-order valence-corrected chi connectivity index (χ4v) is 1.37. The van der Waals surface area contributed by atoms with Gasteiger partial charge in [0.15, 0.2) is 0 Å². The Morgan fingerprint density at radius 1 is 0.875 bits per heavy atom. The molecule has 0 atom stereocenters. The summed E-state index contributed by atoms with van der Waals surface area (Å²) in [5, 5.41) is 17.6. The van der Waals surface area contributed by atoms with Crippen molar-refractivity contribution in [2.75, 3.05) is 0 Å². The van der Waals surface area contributed by atoms with Gasteiger partial charge in [-0.05, 0) is 44.9 Å². The molecule has 0 aliphatic rings. The molecule has 0 heterocycles. The molecule has 0 bridgehead atoms. The third-order valence-corrected chi connectivity index (χ3v) is 2.71. The van der Waals surface area contributed by atoms with E-state index in [1.807, 2.05) is 24.3 Å². The van der Waals surface area contributed by atoms with Gasteiger partial charge in [0.2, 0.25) is 0 Å². The van der Waals surface area contributed by atoms with Crippen LogP contribution in [0.15, 0.2) is 24.3 Å². The molecule has 0 saturated heterocycles. The molecule has 1 aromatic carbocycles. The van der Waals surface area contributed by atoms with Gasteiger partial charge in [-0.2, -0.15) is 0 Å². The monoisotopic (exact) mass is 226 g/mol. The lowest BCUT2D eigenvalue weighted by atomic mass is 9.91. The van der Waals surface area contributed by atoms with Crippen LogP contribution in [0, 0.1) is 0 Å². The van der Waals surface area contributed by atoms with E-state index >= 15 is 0 Å². The summed E-state index contributed by atoms with van der Waals surface area (Å²) in [7, 11) is 0. The van der Waals surface area contributed by atoms with E-state index in [1.54, 1.807) is 27.7 Å². The van der Waals surface area contributed by atoms with Gasteiger partial charge in [0, 0.05) is 0 Å². The molecule has 90 valence electrons. The van der Waals surface area contributed by atoms with Crippen molar-refractivity contribution in [2.24, 2.45) is 0 Å². The molecule has 0 saturated carbocycles. The van der Waals surface area contributed by atoms with Crippen LogP contribution in [0.25, 0.3) is 0 Å². The van der Waals surface area contributed by atoms with Crippen molar-refractivity contribution in [3.8, 4) is 0 Å². The Balaban J connectivity index is 3.14. The van der Waals surface area contributed by atoms with E-state index in [4.69, 9.17) is 10.5 Å². The highest BCUT2D eigenvalue weighted by Crippen LogP contribution is 2.29. The number of hydrogen-bond donors (Lipinski definition) is 2. The highest BCUT2D eigenvalue weighted by atomic mass is 17.1. The third-order valence-electron chi connectivity index (χ3n) is 2.71. The second-order valence-electron chi connectivity index (χ2n) is 4.78. The molecule has 2 N–H and O–H groups in total. The average Bonchev–Trinajstić information content (AvgIpc) is 2.29. The number of hydrogen-bond acceptors (Lipinski definition) is 4. The second-order valence-corrected chi connectivity index (χ2v) is 4.78. The summed E-state index contributed by atoms with van der Waals surface area (Å²) >= 11 is 0. The maximum absolute atomic E-state index is 8.82. The molecule has 0 amide bonds. The van der Waals surface area contributed by atoms with Crippen molar-refractivity contribution in [1.29, 1.82) is 0 Å². The van der Waals surface area contributed by atoms with Gasteiger partial charge in [-0.1, -0.05) is 18.2 Å². The van der Waals surface area contributed by atoms with Gasteiger partial charge in [-0.3, -0.25) is 10.5 Å². The average molecular weight is 226 g/mol. The zero-order valence-electron chi connectivity index (χ0n) is 10.0. The predicted octanol–water partition coefficient (Wildman–Crippen LogP) is 3.14. The molecule has 0 spiro atoms. The smallest absolute Gasteiger partial charge is 0.123 e. The molecule has 1 aromatic rings. The highest BCUT2D eigenvalue weighted by Gasteiger charge is 2.26. The van der Waals surface area contributed by atoms with Crippen LogP contribution in [-0.2, 0) is 21.0 Å². The van der Waals surface area contributed by atoms with Crippen molar-refractivity contribution in [3.05, 3.63) is 35.4 Å². The van der Waals surface area contributed by atoms with Crippen LogP contribution in [0.4, 0.5) is 0 Å². The quantitative estimate of drug-likeness (QED) is 0.611.